The summed E-state index contributed by atoms with van der Waals surface area (Å²) in [6.07, 6.45) is 1.26. The second kappa shape index (κ2) is 6.13. The molecule has 0 unspecified atom stereocenters. The van der Waals surface area contributed by atoms with Gasteiger partial charge in [0.2, 0.25) is 5.91 Å². The van der Waals surface area contributed by atoms with Gasteiger partial charge >= 0.3 is 5.97 Å². The molecule has 1 aliphatic rings. The molecule has 6 nitrogen and oxygen atoms in total. The van der Waals surface area contributed by atoms with Crippen LogP contribution < -0.4 is 10.2 Å². The summed E-state index contributed by atoms with van der Waals surface area (Å²) in [4.78, 5) is 36.1. The number of anilines is 1. The first-order valence-corrected chi connectivity index (χ1v) is 6.91. The number of amides is 2. The van der Waals surface area contributed by atoms with Crippen LogP contribution in [-0.2, 0) is 9.59 Å². The molecule has 2 amide bonds. The first-order chi connectivity index (χ1) is 9.90. The van der Waals surface area contributed by atoms with Gasteiger partial charge < -0.3 is 15.3 Å². The van der Waals surface area contributed by atoms with Crippen molar-refractivity contribution in [3.8, 4) is 0 Å². The van der Waals surface area contributed by atoms with E-state index in [1.54, 1.807) is 11.0 Å². The van der Waals surface area contributed by atoms with Gasteiger partial charge in [0, 0.05) is 18.7 Å². The second-order valence-corrected chi connectivity index (χ2v) is 5.25. The lowest BCUT2D eigenvalue weighted by Gasteiger charge is -2.17. The average molecular weight is 311 g/mol. The minimum absolute atomic E-state index is 0.00239. The van der Waals surface area contributed by atoms with Crippen LogP contribution in [0.3, 0.4) is 0 Å². The van der Waals surface area contributed by atoms with E-state index in [4.69, 9.17) is 16.7 Å². The molecule has 1 aromatic rings. The number of benzene rings is 1. The predicted octanol–water partition coefficient (Wildman–Crippen LogP) is 1.67. The lowest BCUT2D eigenvalue weighted by molar-refractivity contribution is -0.138. The molecule has 1 aromatic carbocycles. The third kappa shape index (κ3) is 3.33. The first kappa shape index (κ1) is 15.3. The number of aliphatic carboxylic acids is 1. The Balaban J connectivity index is 2.25. The Labute approximate surface area is 126 Å². The van der Waals surface area contributed by atoms with E-state index in [0.29, 0.717) is 18.7 Å². The van der Waals surface area contributed by atoms with Crippen LogP contribution in [0.15, 0.2) is 18.2 Å². The fourth-order valence-electron chi connectivity index (χ4n) is 2.11. The Bertz CT molecular complexity index is 603. The van der Waals surface area contributed by atoms with Crippen LogP contribution in [0.2, 0.25) is 5.02 Å². The maximum Gasteiger partial charge on any atom is 0.325 e. The molecule has 7 heteroatoms. The average Bonchev–Trinajstić information content (AvgIpc) is 2.85. The van der Waals surface area contributed by atoms with Crippen LogP contribution in [0.5, 0.6) is 0 Å². The Kier molecular flexibility index (Phi) is 4.47. The van der Waals surface area contributed by atoms with Gasteiger partial charge in [0.15, 0.2) is 0 Å². The van der Waals surface area contributed by atoms with Gasteiger partial charge in [-0.25, -0.2) is 0 Å². The summed E-state index contributed by atoms with van der Waals surface area (Å²) < 4.78 is 0. The summed E-state index contributed by atoms with van der Waals surface area (Å²) >= 11 is 5.99. The van der Waals surface area contributed by atoms with Gasteiger partial charge in [-0.2, -0.15) is 0 Å². The van der Waals surface area contributed by atoms with Crippen molar-refractivity contribution < 1.29 is 19.5 Å². The molecule has 0 radical (unpaired) electrons. The molecule has 1 heterocycles. The standard InChI is InChI=1S/C14H15ClN2O4/c1-8(14(20)21)16-13(19)10-7-9(4-5-11(10)15)17-6-2-3-12(17)18/h4-5,7-8H,2-3,6H2,1H3,(H,16,19)(H,20,21)/t8-/m0/s1. The number of carbonyl (C=O) groups excluding carboxylic acids is 2. The van der Waals surface area contributed by atoms with Gasteiger partial charge in [0.1, 0.15) is 6.04 Å². The topological polar surface area (TPSA) is 86.7 Å². The maximum absolute atomic E-state index is 12.1. The smallest absolute Gasteiger partial charge is 0.325 e. The quantitative estimate of drug-likeness (QED) is 0.885. The highest BCUT2D eigenvalue weighted by atomic mass is 35.5. The third-order valence-electron chi connectivity index (χ3n) is 3.30. The van der Waals surface area contributed by atoms with Crippen molar-refractivity contribution in [2.75, 3.05) is 11.4 Å². The number of hydrogen-bond donors (Lipinski definition) is 2. The van der Waals surface area contributed by atoms with E-state index in [2.05, 4.69) is 5.32 Å². The number of carboxylic acids is 1. The molecule has 0 bridgehead atoms. The van der Waals surface area contributed by atoms with Gasteiger partial charge in [-0.15, -0.1) is 0 Å². The Morgan fingerprint density at radius 1 is 1.43 bits per heavy atom. The SMILES string of the molecule is C[C@H](NC(=O)c1cc(N2CCCC2=O)ccc1Cl)C(=O)O. The number of rotatable bonds is 4. The summed E-state index contributed by atoms with van der Waals surface area (Å²) in [6.45, 7) is 1.97. The molecule has 1 aliphatic heterocycles. The van der Waals surface area contributed by atoms with Crippen LogP contribution in [0.25, 0.3) is 0 Å². The molecule has 0 saturated carbocycles. The van der Waals surface area contributed by atoms with E-state index in [1.807, 2.05) is 0 Å². The number of nitrogens with one attached hydrogen (secondary N) is 1. The van der Waals surface area contributed by atoms with Crippen molar-refractivity contribution >= 4 is 35.1 Å². The highest BCUT2D eigenvalue weighted by Crippen LogP contribution is 2.26. The summed E-state index contributed by atoms with van der Waals surface area (Å²) in [5.41, 5.74) is 0.747. The Morgan fingerprint density at radius 2 is 2.14 bits per heavy atom. The largest absolute Gasteiger partial charge is 0.480 e. The van der Waals surface area contributed by atoms with Gasteiger partial charge in [-0.3, -0.25) is 14.4 Å². The van der Waals surface area contributed by atoms with Crippen molar-refractivity contribution in [3.05, 3.63) is 28.8 Å². The normalized spacial score (nSPS) is 15.9. The van der Waals surface area contributed by atoms with Crippen molar-refractivity contribution in [3.63, 3.8) is 0 Å². The molecule has 1 fully saturated rings. The molecule has 1 saturated heterocycles. The van der Waals surface area contributed by atoms with Crippen LogP contribution >= 0.6 is 11.6 Å². The third-order valence-corrected chi connectivity index (χ3v) is 3.63. The molecule has 2 N–H and O–H groups in total. The summed E-state index contributed by atoms with van der Waals surface area (Å²) in [5, 5.41) is 11.4. The van der Waals surface area contributed by atoms with E-state index in [0.717, 1.165) is 6.42 Å². The van der Waals surface area contributed by atoms with Crippen LogP contribution in [0, 0.1) is 0 Å². The number of carboxylic acid groups (broad SMARTS) is 1. The molecule has 1 atom stereocenters. The molecule has 112 valence electrons. The number of halogens is 1. The fourth-order valence-corrected chi connectivity index (χ4v) is 2.32. The minimum atomic E-state index is -1.13. The zero-order chi connectivity index (χ0) is 15.6. The zero-order valence-corrected chi connectivity index (χ0v) is 12.2. The van der Waals surface area contributed by atoms with Gasteiger partial charge in [-0.1, -0.05) is 11.6 Å². The number of carbonyl (C=O) groups is 3. The molecular formula is C14H15ClN2O4. The fraction of sp³-hybridized carbons (Fsp3) is 0.357. The maximum atomic E-state index is 12.1. The van der Waals surface area contributed by atoms with Crippen LogP contribution in [-0.4, -0.2) is 35.5 Å². The molecule has 21 heavy (non-hydrogen) atoms. The minimum Gasteiger partial charge on any atom is -0.480 e. The summed E-state index contributed by atoms with van der Waals surface area (Å²) in [6, 6.07) is 3.69. The van der Waals surface area contributed by atoms with E-state index in [-0.39, 0.29) is 16.5 Å². The van der Waals surface area contributed by atoms with E-state index >= 15 is 0 Å². The van der Waals surface area contributed by atoms with Crippen LogP contribution in [0.1, 0.15) is 30.1 Å². The molecule has 0 aromatic heterocycles. The zero-order valence-electron chi connectivity index (χ0n) is 11.4. The monoisotopic (exact) mass is 310 g/mol. The van der Waals surface area contributed by atoms with E-state index in [1.165, 1.54) is 19.1 Å². The molecule has 0 aliphatic carbocycles. The van der Waals surface area contributed by atoms with E-state index < -0.39 is 17.9 Å². The van der Waals surface area contributed by atoms with Crippen molar-refractivity contribution in [2.45, 2.75) is 25.8 Å². The molecule has 2 rings (SSSR count). The molecule has 0 spiro atoms. The van der Waals surface area contributed by atoms with Gasteiger partial charge in [0.25, 0.3) is 5.91 Å². The Morgan fingerprint density at radius 3 is 2.71 bits per heavy atom. The summed E-state index contributed by atoms with van der Waals surface area (Å²) in [7, 11) is 0. The lowest BCUT2D eigenvalue weighted by atomic mass is 10.1. The number of nitrogens with zero attached hydrogens (tertiary/aromatic N) is 1. The Hall–Kier alpha value is -2.08. The molecular weight excluding hydrogens is 296 g/mol. The second-order valence-electron chi connectivity index (χ2n) is 4.85. The summed E-state index contributed by atoms with van der Waals surface area (Å²) in [5.74, 6) is -1.71. The van der Waals surface area contributed by atoms with Crippen molar-refractivity contribution in [2.24, 2.45) is 0 Å². The predicted molar refractivity (Wildman–Crippen MR) is 77.6 cm³/mol. The highest BCUT2D eigenvalue weighted by molar-refractivity contribution is 6.34. The highest BCUT2D eigenvalue weighted by Gasteiger charge is 2.24. The lowest BCUT2D eigenvalue weighted by Crippen LogP contribution is -2.38. The van der Waals surface area contributed by atoms with Gasteiger partial charge in [0.05, 0.1) is 10.6 Å². The van der Waals surface area contributed by atoms with E-state index in [9.17, 15) is 14.4 Å². The van der Waals surface area contributed by atoms with Gasteiger partial charge in [-0.05, 0) is 31.5 Å². The van der Waals surface area contributed by atoms with Crippen molar-refractivity contribution in [1.82, 2.24) is 5.32 Å². The first-order valence-electron chi connectivity index (χ1n) is 6.53. The number of hydrogen-bond acceptors (Lipinski definition) is 3. The van der Waals surface area contributed by atoms with Crippen LogP contribution in [0.4, 0.5) is 5.69 Å². The van der Waals surface area contributed by atoms with Crippen molar-refractivity contribution in [1.29, 1.82) is 0 Å².